The van der Waals surface area contributed by atoms with Gasteiger partial charge in [0.1, 0.15) is 11.6 Å². The molecule has 4 rings (SSSR count). The predicted octanol–water partition coefficient (Wildman–Crippen LogP) is 3.10. The highest BCUT2D eigenvalue weighted by Crippen LogP contribution is 2.36. The van der Waals surface area contributed by atoms with Crippen LogP contribution >= 0.6 is 0 Å². The van der Waals surface area contributed by atoms with E-state index in [-0.39, 0.29) is 12.6 Å². The Kier molecular flexibility index (Phi) is 2.03. The summed E-state index contributed by atoms with van der Waals surface area (Å²) in [5, 5.41) is 0. The summed E-state index contributed by atoms with van der Waals surface area (Å²) in [4.78, 5) is 7.67. The zero-order chi connectivity index (χ0) is 12.8. The van der Waals surface area contributed by atoms with E-state index in [0.717, 1.165) is 16.6 Å². The van der Waals surface area contributed by atoms with Crippen molar-refractivity contribution in [1.29, 1.82) is 0 Å². The molecule has 2 heterocycles. The van der Waals surface area contributed by atoms with Crippen molar-refractivity contribution in [3.8, 4) is 22.9 Å². The third-order valence-electron chi connectivity index (χ3n) is 3.09. The summed E-state index contributed by atoms with van der Waals surface area (Å²) in [6, 6.07) is 9.89. The number of halogens is 1. The fourth-order valence-electron chi connectivity index (χ4n) is 2.14. The first kappa shape index (κ1) is 10.4. The molecule has 1 N–H and O–H groups in total. The number of aromatic nitrogens is 2. The normalized spacial score (nSPS) is 13.1. The van der Waals surface area contributed by atoms with E-state index < -0.39 is 0 Å². The van der Waals surface area contributed by atoms with Crippen LogP contribution in [-0.4, -0.2) is 16.8 Å². The summed E-state index contributed by atoms with van der Waals surface area (Å²) in [6.07, 6.45) is 0. The molecular formula is C14H9FN2O2. The lowest BCUT2D eigenvalue weighted by molar-refractivity contribution is 0.174. The lowest BCUT2D eigenvalue weighted by Crippen LogP contribution is -1.92. The zero-order valence-electron chi connectivity index (χ0n) is 9.81. The quantitative estimate of drug-likeness (QED) is 0.727. The molecule has 1 aromatic heterocycles. The first-order valence-corrected chi connectivity index (χ1v) is 5.85. The summed E-state index contributed by atoms with van der Waals surface area (Å²) in [7, 11) is 0. The van der Waals surface area contributed by atoms with Crippen molar-refractivity contribution in [3.05, 3.63) is 42.2 Å². The van der Waals surface area contributed by atoms with Gasteiger partial charge in [0, 0.05) is 17.7 Å². The summed E-state index contributed by atoms with van der Waals surface area (Å²) in [6.45, 7) is 0.243. The molecule has 0 spiro atoms. The monoisotopic (exact) mass is 256 g/mol. The van der Waals surface area contributed by atoms with Crippen molar-refractivity contribution in [2.45, 2.75) is 0 Å². The number of nitrogens with zero attached hydrogens (tertiary/aromatic N) is 1. The molecule has 0 radical (unpaired) electrons. The Morgan fingerprint density at radius 3 is 2.58 bits per heavy atom. The molecule has 0 fully saturated rings. The first-order chi connectivity index (χ1) is 9.29. The van der Waals surface area contributed by atoms with Crippen LogP contribution in [0, 0.1) is 5.82 Å². The Morgan fingerprint density at radius 2 is 1.79 bits per heavy atom. The molecule has 0 aliphatic carbocycles. The highest BCUT2D eigenvalue weighted by molar-refractivity contribution is 5.83. The molecule has 3 aromatic rings. The molecule has 5 heteroatoms. The largest absolute Gasteiger partial charge is 0.454 e. The molecule has 0 atom stereocenters. The molecule has 0 bridgehead atoms. The number of aromatic amines is 1. The fourth-order valence-corrected chi connectivity index (χ4v) is 2.14. The van der Waals surface area contributed by atoms with Crippen LogP contribution in [0.15, 0.2) is 36.4 Å². The van der Waals surface area contributed by atoms with Crippen LogP contribution in [0.25, 0.3) is 22.4 Å². The van der Waals surface area contributed by atoms with E-state index in [4.69, 9.17) is 9.47 Å². The molecule has 1 aliphatic rings. The number of hydrogen-bond donors (Lipinski definition) is 1. The summed E-state index contributed by atoms with van der Waals surface area (Å²) >= 11 is 0. The minimum absolute atomic E-state index is 0.243. The van der Waals surface area contributed by atoms with Gasteiger partial charge in [0.15, 0.2) is 11.5 Å². The molecule has 1 aliphatic heterocycles. The van der Waals surface area contributed by atoms with Gasteiger partial charge in [-0.15, -0.1) is 0 Å². The van der Waals surface area contributed by atoms with Crippen molar-refractivity contribution in [2.24, 2.45) is 0 Å². The zero-order valence-corrected chi connectivity index (χ0v) is 9.81. The van der Waals surface area contributed by atoms with Crippen molar-refractivity contribution in [2.75, 3.05) is 6.79 Å². The number of imidazole rings is 1. The van der Waals surface area contributed by atoms with E-state index >= 15 is 0 Å². The van der Waals surface area contributed by atoms with E-state index in [1.54, 1.807) is 12.1 Å². The number of H-pyrrole nitrogens is 1. The second kappa shape index (κ2) is 3.71. The lowest BCUT2D eigenvalue weighted by Gasteiger charge is -1.95. The number of rotatable bonds is 1. The predicted molar refractivity (Wildman–Crippen MR) is 67.6 cm³/mol. The van der Waals surface area contributed by atoms with Crippen molar-refractivity contribution >= 4 is 11.0 Å². The van der Waals surface area contributed by atoms with Crippen molar-refractivity contribution < 1.29 is 13.9 Å². The summed E-state index contributed by atoms with van der Waals surface area (Å²) in [5.74, 6) is 1.84. The third-order valence-corrected chi connectivity index (χ3v) is 3.09. The Bertz CT molecular complexity index is 724. The second-order valence-corrected chi connectivity index (χ2v) is 4.31. The van der Waals surface area contributed by atoms with E-state index in [1.807, 2.05) is 12.1 Å². The average Bonchev–Trinajstić information content (AvgIpc) is 3.01. The number of hydrogen-bond acceptors (Lipinski definition) is 3. The van der Waals surface area contributed by atoms with Gasteiger partial charge in [-0.3, -0.25) is 0 Å². The van der Waals surface area contributed by atoms with Gasteiger partial charge in [0.2, 0.25) is 6.79 Å². The van der Waals surface area contributed by atoms with E-state index in [1.165, 1.54) is 12.1 Å². The van der Waals surface area contributed by atoms with Crippen LogP contribution in [0.5, 0.6) is 11.5 Å². The summed E-state index contributed by atoms with van der Waals surface area (Å²) < 4.78 is 23.5. The van der Waals surface area contributed by atoms with Gasteiger partial charge in [-0.2, -0.15) is 0 Å². The highest BCUT2D eigenvalue weighted by Gasteiger charge is 2.16. The van der Waals surface area contributed by atoms with E-state index in [0.29, 0.717) is 17.3 Å². The lowest BCUT2D eigenvalue weighted by atomic mass is 10.2. The number of nitrogens with one attached hydrogen (secondary N) is 1. The Hall–Kier alpha value is -2.56. The first-order valence-electron chi connectivity index (χ1n) is 5.85. The van der Waals surface area contributed by atoms with Gasteiger partial charge in [-0.1, -0.05) is 0 Å². The molecule has 19 heavy (non-hydrogen) atoms. The molecule has 4 nitrogen and oxygen atoms in total. The van der Waals surface area contributed by atoms with Crippen molar-refractivity contribution in [3.63, 3.8) is 0 Å². The maximum absolute atomic E-state index is 12.9. The standard InChI is InChI=1S/C14H9FN2O2/c15-9-3-1-8(2-4-9)14-16-10-5-12-13(19-7-18-12)6-11(10)17-14/h1-6H,7H2,(H,16,17). The molecular weight excluding hydrogens is 247 g/mol. The molecule has 0 unspecified atom stereocenters. The number of fused-ring (bicyclic) bond motifs is 2. The highest BCUT2D eigenvalue weighted by atomic mass is 19.1. The maximum atomic E-state index is 12.9. The minimum atomic E-state index is -0.263. The van der Waals surface area contributed by atoms with Crippen LogP contribution in [-0.2, 0) is 0 Å². The topological polar surface area (TPSA) is 47.1 Å². The SMILES string of the molecule is Fc1ccc(-c2nc3cc4c(cc3[nH]2)OCO4)cc1. The van der Waals surface area contributed by atoms with Crippen LogP contribution < -0.4 is 9.47 Å². The van der Waals surface area contributed by atoms with Gasteiger partial charge in [0.05, 0.1) is 11.0 Å². The van der Waals surface area contributed by atoms with Gasteiger partial charge < -0.3 is 14.5 Å². The van der Waals surface area contributed by atoms with E-state index in [9.17, 15) is 4.39 Å². The minimum Gasteiger partial charge on any atom is -0.454 e. The van der Waals surface area contributed by atoms with E-state index in [2.05, 4.69) is 9.97 Å². The van der Waals surface area contributed by atoms with Crippen LogP contribution in [0.1, 0.15) is 0 Å². The smallest absolute Gasteiger partial charge is 0.231 e. The van der Waals surface area contributed by atoms with Gasteiger partial charge in [-0.25, -0.2) is 9.37 Å². The number of benzene rings is 2. The average molecular weight is 256 g/mol. The molecule has 0 saturated heterocycles. The Balaban J connectivity index is 1.86. The molecule has 0 saturated carbocycles. The van der Waals surface area contributed by atoms with Gasteiger partial charge in [-0.05, 0) is 24.3 Å². The summed E-state index contributed by atoms with van der Waals surface area (Å²) in [5.41, 5.74) is 2.49. The fraction of sp³-hybridized carbons (Fsp3) is 0.0714. The molecule has 94 valence electrons. The molecule has 0 amide bonds. The number of ether oxygens (including phenoxy) is 2. The van der Waals surface area contributed by atoms with Crippen LogP contribution in [0.4, 0.5) is 4.39 Å². The van der Waals surface area contributed by atoms with Gasteiger partial charge in [0.25, 0.3) is 0 Å². The Labute approximate surface area is 107 Å². The third kappa shape index (κ3) is 1.62. The molecule has 2 aromatic carbocycles. The maximum Gasteiger partial charge on any atom is 0.231 e. The van der Waals surface area contributed by atoms with Gasteiger partial charge >= 0.3 is 0 Å². The van der Waals surface area contributed by atoms with Crippen molar-refractivity contribution in [1.82, 2.24) is 9.97 Å². The Morgan fingerprint density at radius 1 is 1.05 bits per heavy atom. The van der Waals surface area contributed by atoms with Crippen LogP contribution in [0.3, 0.4) is 0 Å². The second-order valence-electron chi connectivity index (χ2n) is 4.31. The van der Waals surface area contributed by atoms with Crippen LogP contribution in [0.2, 0.25) is 0 Å².